The number of aromatic nitrogens is 2. The Morgan fingerprint density at radius 3 is 2.71 bits per heavy atom. The summed E-state index contributed by atoms with van der Waals surface area (Å²) in [5.41, 5.74) is 4.26. The van der Waals surface area contributed by atoms with E-state index < -0.39 is 11.0 Å². The molecule has 1 fully saturated rings. The molecule has 3 aromatic rings. The number of amides is 1. The van der Waals surface area contributed by atoms with Crippen LogP contribution in [0.1, 0.15) is 23.3 Å². The number of hydrogen-bond donors (Lipinski definition) is 0. The highest BCUT2D eigenvalue weighted by Gasteiger charge is 2.39. The Labute approximate surface area is 166 Å². The molecular weight excluding hydrogens is 372 g/mol. The van der Waals surface area contributed by atoms with Crippen LogP contribution in [0.25, 0.3) is 22.2 Å². The van der Waals surface area contributed by atoms with Crippen LogP contribution in [0.15, 0.2) is 47.5 Å². The SMILES string of the molecule is CN(C)S(=O)c1cccc(-c2c3n(c4cccnc24)CCN(C2CC2)C3=O)c1. The lowest BCUT2D eigenvalue weighted by molar-refractivity contribution is 0.0694. The third-order valence-electron chi connectivity index (χ3n) is 5.49. The normalized spacial score (nSPS) is 18.0. The topological polar surface area (TPSA) is 58.4 Å². The van der Waals surface area contributed by atoms with Crippen molar-refractivity contribution in [2.75, 3.05) is 20.6 Å². The van der Waals surface area contributed by atoms with Crippen LogP contribution in [0.4, 0.5) is 0 Å². The Morgan fingerprint density at radius 2 is 1.96 bits per heavy atom. The van der Waals surface area contributed by atoms with E-state index >= 15 is 0 Å². The molecule has 7 heteroatoms. The Kier molecular flexibility index (Phi) is 4.10. The zero-order chi connectivity index (χ0) is 19.4. The van der Waals surface area contributed by atoms with E-state index in [0.717, 1.165) is 48.1 Å². The van der Waals surface area contributed by atoms with Gasteiger partial charge in [0.05, 0.1) is 15.9 Å². The summed E-state index contributed by atoms with van der Waals surface area (Å²) in [5.74, 6) is 0.0842. The minimum atomic E-state index is -1.24. The summed E-state index contributed by atoms with van der Waals surface area (Å²) in [6.45, 7) is 1.53. The lowest BCUT2D eigenvalue weighted by Gasteiger charge is -2.29. The Hall–Kier alpha value is -2.51. The average molecular weight is 395 g/mol. The second kappa shape index (κ2) is 6.53. The molecule has 1 atom stereocenters. The molecular formula is C21H22N4O2S. The molecule has 0 saturated heterocycles. The van der Waals surface area contributed by atoms with Gasteiger partial charge >= 0.3 is 0 Å². The van der Waals surface area contributed by atoms with Gasteiger partial charge in [0.15, 0.2) is 0 Å². The summed E-state index contributed by atoms with van der Waals surface area (Å²) < 4.78 is 16.4. The molecule has 0 spiro atoms. The first-order valence-electron chi connectivity index (χ1n) is 9.54. The number of benzene rings is 1. The Bertz CT molecular complexity index is 1120. The summed E-state index contributed by atoms with van der Waals surface area (Å²) >= 11 is 0. The van der Waals surface area contributed by atoms with Crippen LogP contribution in [0.5, 0.6) is 0 Å². The van der Waals surface area contributed by atoms with Crippen molar-refractivity contribution in [1.82, 2.24) is 18.8 Å². The van der Waals surface area contributed by atoms with Crippen molar-refractivity contribution in [3.8, 4) is 11.1 Å². The number of hydrogen-bond acceptors (Lipinski definition) is 3. The van der Waals surface area contributed by atoms with Crippen LogP contribution in [0, 0.1) is 0 Å². The standard InChI is InChI=1S/C21H22N4O2S/c1-23(2)28(27)16-6-3-5-14(13-16)18-19-17(7-4-10-22-19)25-12-11-24(15-8-9-15)21(26)20(18)25/h3-7,10,13,15H,8-9,11-12H2,1-2H3. The molecule has 2 aromatic heterocycles. The first kappa shape index (κ1) is 17.6. The highest BCUT2D eigenvalue weighted by Crippen LogP contribution is 2.39. The highest BCUT2D eigenvalue weighted by molar-refractivity contribution is 7.82. The first-order valence-corrected chi connectivity index (χ1v) is 10.6. The molecule has 2 aliphatic rings. The molecule has 1 aromatic carbocycles. The molecule has 0 radical (unpaired) electrons. The zero-order valence-corrected chi connectivity index (χ0v) is 16.8. The predicted octanol–water partition coefficient (Wildman–Crippen LogP) is 2.91. The molecule has 5 rings (SSSR count). The van der Waals surface area contributed by atoms with Crippen molar-refractivity contribution >= 4 is 27.9 Å². The maximum Gasteiger partial charge on any atom is 0.271 e. The van der Waals surface area contributed by atoms with Crippen molar-refractivity contribution in [2.45, 2.75) is 30.3 Å². The van der Waals surface area contributed by atoms with Crippen LogP contribution in [0.2, 0.25) is 0 Å². The Morgan fingerprint density at radius 1 is 1.14 bits per heavy atom. The summed E-state index contributed by atoms with van der Waals surface area (Å²) in [6, 6.07) is 12.0. The molecule has 6 nitrogen and oxygen atoms in total. The lowest BCUT2D eigenvalue weighted by atomic mass is 10.0. The number of rotatable bonds is 4. The fourth-order valence-corrected chi connectivity index (χ4v) is 4.90. The number of carbonyl (C=O) groups excluding carboxylic acids is 1. The fraction of sp³-hybridized carbons (Fsp3) is 0.333. The maximum atomic E-state index is 13.4. The minimum Gasteiger partial charge on any atom is -0.333 e. The van der Waals surface area contributed by atoms with E-state index in [4.69, 9.17) is 0 Å². The number of nitrogens with zero attached hydrogens (tertiary/aromatic N) is 4. The van der Waals surface area contributed by atoms with Crippen molar-refractivity contribution in [3.05, 3.63) is 48.3 Å². The van der Waals surface area contributed by atoms with Crippen LogP contribution in [0.3, 0.4) is 0 Å². The van der Waals surface area contributed by atoms with Gasteiger partial charge in [-0.25, -0.2) is 8.51 Å². The summed E-state index contributed by atoms with van der Waals surface area (Å²) in [4.78, 5) is 20.7. The van der Waals surface area contributed by atoms with Crippen LogP contribution >= 0.6 is 0 Å². The van der Waals surface area contributed by atoms with Gasteiger partial charge in [-0.05, 0) is 56.8 Å². The van der Waals surface area contributed by atoms with Gasteiger partial charge in [0.25, 0.3) is 5.91 Å². The molecule has 1 amide bonds. The van der Waals surface area contributed by atoms with E-state index in [2.05, 4.69) is 9.55 Å². The summed E-state index contributed by atoms with van der Waals surface area (Å²) in [6.07, 6.45) is 3.95. The van der Waals surface area contributed by atoms with Gasteiger partial charge in [-0.2, -0.15) is 0 Å². The van der Waals surface area contributed by atoms with Crippen molar-refractivity contribution in [1.29, 1.82) is 0 Å². The van der Waals surface area contributed by atoms with Gasteiger partial charge in [-0.1, -0.05) is 12.1 Å². The maximum absolute atomic E-state index is 13.4. The largest absolute Gasteiger partial charge is 0.333 e. The molecule has 0 N–H and O–H groups in total. The number of carbonyl (C=O) groups is 1. The van der Waals surface area contributed by atoms with Gasteiger partial charge in [0.2, 0.25) is 0 Å². The van der Waals surface area contributed by atoms with Crippen molar-refractivity contribution in [2.24, 2.45) is 0 Å². The Balaban J connectivity index is 1.73. The minimum absolute atomic E-state index is 0.0842. The average Bonchev–Trinajstić information content (AvgIpc) is 3.49. The third kappa shape index (κ3) is 2.69. The molecule has 1 unspecified atom stereocenters. The molecule has 3 heterocycles. The summed E-state index contributed by atoms with van der Waals surface area (Å²) in [5, 5.41) is 0. The number of fused-ring (bicyclic) bond motifs is 3. The van der Waals surface area contributed by atoms with E-state index in [1.165, 1.54) is 0 Å². The predicted molar refractivity (Wildman–Crippen MR) is 109 cm³/mol. The van der Waals surface area contributed by atoms with E-state index in [1.807, 2.05) is 41.3 Å². The third-order valence-corrected chi connectivity index (χ3v) is 6.81. The van der Waals surface area contributed by atoms with Gasteiger partial charge in [0.1, 0.15) is 16.7 Å². The van der Waals surface area contributed by atoms with Gasteiger partial charge in [0, 0.05) is 30.9 Å². The zero-order valence-electron chi connectivity index (χ0n) is 16.0. The molecule has 1 saturated carbocycles. The second-order valence-electron chi connectivity index (χ2n) is 7.57. The highest BCUT2D eigenvalue weighted by atomic mass is 32.2. The lowest BCUT2D eigenvalue weighted by Crippen LogP contribution is -2.41. The summed E-state index contributed by atoms with van der Waals surface area (Å²) in [7, 11) is 2.33. The van der Waals surface area contributed by atoms with Crippen molar-refractivity contribution in [3.63, 3.8) is 0 Å². The quantitative estimate of drug-likeness (QED) is 0.684. The molecule has 1 aliphatic carbocycles. The van der Waals surface area contributed by atoms with Crippen LogP contribution < -0.4 is 0 Å². The molecule has 0 bridgehead atoms. The van der Waals surface area contributed by atoms with Gasteiger partial charge in [-0.3, -0.25) is 9.78 Å². The number of pyridine rings is 1. The second-order valence-corrected chi connectivity index (χ2v) is 9.27. The van der Waals surface area contributed by atoms with Gasteiger partial charge < -0.3 is 9.47 Å². The van der Waals surface area contributed by atoms with Crippen LogP contribution in [-0.2, 0) is 17.5 Å². The fourth-order valence-electron chi connectivity index (χ4n) is 4.05. The monoisotopic (exact) mass is 394 g/mol. The molecule has 1 aliphatic heterocycles. The van der Waals surface area contributed by atoms with Crippen molar-refractivity contribution < 1.29 is 9.00 Å². The first-order chi connectivity index (χ1) is 13.6. The van der Waals surface area contributed by atoms with E-state index in [-0.39, 0.29) is 5.91 Å². The van der Waals surface area contributed by atoms with Gasteiger partial charge in [-0.15, -0.1) is 0 Å². The van der Waals surface area contributed by atoms with E-state index in [9.17, 15) is 9.00 Å². The molecule has 28 heavy (non-hydrogen) atoms. The van der Waals surface area contributed by atoms with E-state index in [0.29, 0.717) is 16.6 Å². The van der Waals surface area contributed by atoms with Crippen LogP contribution in [-0.4, -0.2) is 55.6 Å². The molecule has 144 valence electrons. The smallest absolute Gasteiger partial charge is 0.271 e. The van der Waals surface area contributed by atoms with E-state index in [1.54, 1.807) is 24.6 Å².